The number of carbonyl (C=O) groups excluding carboxylic acids is 2. The number of alkyl halides is 3. The van der Waals surface area contributed by atoms with Gasteiger partial charge < -0.3 is 15.2 Å². The number of ether oxygens (including phenoxy) is 1. The minimum absolute atomic E-state index is 0.0345. The number of halogens is 3. The topological polar surface area (TPSA) is 78.9 Å². The molecule has 2 aromatic carbocycles. The Morgan fingerprint density at radius 3 is 2.57 bits per heavy atom. The van der Waals surface area contributed by atoms with Crippen LogP contribution in [0, 0.1) is 5.92 Å². The summed E-state index contributed by atoms with van der Waals surface area (Å²) >= 11 is 0. The Morgan fingerprint density at radius 2 is 1.92 bits per heavy atom. The predicted molar refractivity (Wildman–Crippen MR) is 129 cm³/mol. The van der Waals surface area contributed by atoms with Crippen LogP contribution in [0.1, 0.15) is 65.6 Å². The van der Waals surface area contributed by atoms with Crippen LogP contribution in [-0.4, -0.2) is 52.5 Å². The zero-order valence-electron chi connectivity index (χ0n) is 20.5. The molecule has 1 heterocycles. The van der Waals surface area contributed by atoms with Crippen molar-refractivity contribution in [3.05, 3.63) is 58.7 Å². The molecular formula is C28H29F3N2O4. The average molecular weight is 515 g/mol. The van der Waals surface area contributed by atoms with Gasteiger partial charge in [0.05, 0.1) is 17.0 Å². The second-order valence-corrected chi connectivity index (χ2v) is 10.8. The Bertz CT molecular complexity index is 1260. The summed E-state index contributed by atoms with van der Waals surface area (Å²) in [5.41, 5.74) is 0.190. The summed E-state index contributed by atoms with van der Waals surface area (Å²) in [6, 6.07) is 7.54. The number of likely N-dealkylation sites (N-methyl/N-ethyl adjacent to an activating group) is 1. The lowest BCUT2D eigenvalue weighted by Crippen LogP contribution is -2.71. The van der Waals surface area contributed by atoms with Crippen LogP contribution >= 0.6 is 0 Å². The molecule has 0 spiro atoms. The number of amides is 1. The van der Waals surface area contributed by atoms with Gasteiger partial charge in [-0.25, -0.2) is 0 Å². The Balaban J connectivity index is 1.44. The van der Waals surface area contributed by atoms with E-state index in [1.165, 1.54) is 12.1 Å². The SMILES string of the molecule is CCN(CC1CC1)[C@@H]1Cc2ccc(O)c3c2C2C(O3)C(=O)CCC21NC(=O)c1ccc(C(F)(F)F)cc1. The number of hydrogen-bond donors (Lipinski definition) is 2. The van der Waals surface area contributed by atoms with Gasteiger partial charge in [0.1, 0.15) is 0 Å². The van der Waals surface area contributed by atoms with Gasteiger partial charge in [0.2, 0.25) is 0 Å². The van der Waals surface area contributed by atoms with Crippen LogP contribution in [-0.2, 0) is 17.4 Å². The summed E-state index contributed by atoms with van der Waals surface area (Å²) in [4.78, 5) is 29.1. The molecule has 4 atom stereocenters. The highest BCUT2D eigenvalue weighted by Crippen LogP contribution is 2.58. The standard InChI is InChI=1S/C28H29F3N2O4/c1-2-33(14-15-3-4-15)21-13-17-7-10-19(34)24-22(17)23-25(37-24)20(35)11-12-27(21,23)32-26(36)16-5-8-18(9-6-16)28(29,30)31/h5-10,15,21,23,25,34H,2-4,11-14H2,1H3,(H,32,36)/t21-,23?,25?,27?/m1/s1. The van der Waals surface area contributed by atoms with Crippen molar-refractivity contribution >= 4 is 11.7 Å². The van der Waals surface area contributed by atoms with Gasteiger partial charge in [0, 0.05) is 30.1 Å². The van der Waals surface area contributed by atoms with Crippen LogP contribution in [0.25, 0.3) is 0 Å². The average Bonchev–Trinajstić information content (AvgIpc) is 3.59. The molecule has 0 radical (unpaired) electrons. The number of aromatic hydroxyl groups is 1. The molecular weight excluding hydrogens is 485 g/mol. The first-order chi connectivity index (χ1) is 17.6. The van der Waals surface area contributed by atoms with E-state index in [0.717, 1.165) is 49.2 Å². The van der Waals surface area contributed by atoms with Crippen molar-refractivity contribution in [2.45, 2.75) is 68.8 Å². The van der Waals surface area contributed by atoms with Gasteiger partial charge in [-0.1, -0.05) is 13.0 Å². The van der Waals surface area contributed by atoms with Crippen LogP contribution < -0.4 is 10.1 Å². The molecule has 3 unspecified atom stereocenters. The first-order valence-electron chi connectivity index (χ1n) is 12.9. The first kappa shape index (κ1) is 24.3. The van der Waals surface area contributed by atoms with Crippen molar-refractivity contribution < 1.29 is 32.6 Å². The lowest BCUT2D eigenvalue weighted by molar-refractivity contribution is -0.137. The number of carbonyl (C=O) groups is 2. The number of hydrogen-bond acceptors (Lipinski definition) is 5. The second-order valence-electron chi connectivity index (χ2n) is 10.8. The van der Waals surface area contributed by atoms with E-state index < -0.39 is 35.2 Å². The van der Waals surface area contributed by atoms with Crippen molar-refractivity contribution in [3.8, 4) is 11.5 Å². The van der Waals surface area contributed by atoms with Crippen LogP contribution in [0.5, 0.6) is 11.5 Å². The number of nitrogens with one attached hydrogen (secondary N) is 1. The fourth-order valence-corrected chi connectivity index (χ4v) is 6.67. The molecule has 0 bridgehead atoms. The quantitative estimate of drug-likeness (QED) is 0.596. The highest BCUT2D eigenvalue weighted by atomic mass is 19.4. The number of phenols is 1. The zero-order valence-corrected chi connectivity index (χ0v) is 20.5. The summed E-state index contributed by atoms with van der Waals surface area (Å²) in [7, 11) is 0. The first-order valence-corrected chi connectivity index (χ1v) is 12.9. The third kappa shape index (κ3) is 3.90. The van der Waals surface area contributed by atoms with E-state index in [1.54, 1.807) is 6.07 Å². The van der Waals surface area contributed by atoms with Crippen molar-refractivity contribution in [3.63, 3.8) is 0 Å². The maximum atomic E-state index is 13.6. The molecule has 6 rings (SSSR count). The molecule has 0 saturated heterocycles. The fourth-order valence-electron chi connectivity index (χ4n) is 6.67. The second kappa shape index (κ2) is 8.48. The smallest absolute Gasteiger partial charge is 0.416 e. The summed E-state index contributed by atoms with van der Waals surface area (Å²) < 4.78 is 45.3. The largest absolute Gasteiger partial charge is 0.504 e. The Kier molecular flexibility index (Phi) is 5.56. The molecule has 1 aliphatic heterocycles. The number of benzene rings is 2. The number of ketones is 1. The van der Waals surface area contributed by atoms with Gasteiger partial charge in [-0.3, -0.25) is 14.5 Å². The Labute approximate surface area is 212 Å². The number of phenolic OH excluding ortho intramolecular Hbond substituents is 1. The van der Waals surface area contributed by atoms with Gasteiger partial charge >= 0.3 is 6.18 Å². The predicted octanol–water partition coefficient (Wildman–Crippen LogP) is 4.44. The van der Waals surface area contributed by atoms with Crippen molar-refractivity contribution in [2.24, 2.45) is 5.92 Å². The molecule has 4 aliphatic rings. The molecule has 37 heavy (non-hydrogen) atoms. The van der Waals surface area contributed by atoms with Crippen LogP contribution in [0.2, 0.25) is 0 Å². The zero-order chi connectivity index (χ0) is 26.1. The van der Waals surface area contributed by atoms with Gasteiger partial charge in [0.15, 0.2) is 23.4 Å². The molecule has 3 aliphatic carbocycles. The minimum Gasteiger partial charge on any atom is -0.504 e. The molecule has 196 valence electrons. The van der Waals surface area contributed by atoms with Crippen LogP contribution in [0.15, 0.2) is 36.4 Å². The van der Waals surface area contributed by atoms with E-state index in [1.807, 2.05) is 6.07 Å². The summed E-state index contributed by atoms with van der Waals surface area (Å²) in [5.74, 6) is -0.174. The molecule has 9 heteroatoms. The van der Waals surface area contributed by atoms with Gasteiger partial charge in [-0.05, 0) is 74.0 Å². The van der Waals surface area contributed by atoms with Crippen molar-refractivity contribution in [2.75, 3.05) is 13.1 Å². The third-order valence-electron chi connectivity index (χ3n) is 8.65. The maximum Gasteiger partial charge on any atom is 0.416 e. The highest BCUT2D eigenvalue weighted by Gasteiger charge is 2.63. The van der Waals surface area contributed by atoms with Gasteiger partial charge in [-0.2, -0.15) is 13.2 Å². The van der Waals surface area contributed by atoms with E-state index in [-0.39, 0.29) is 29.6 Å². The highest BCUT2D eigenvalue weighted by molar-refractivity contribution is 5.96. The van der Waals surface area contributed by atoms with Crippen molar-refractivity contribution in [1.82, 2.24) is 10.2 Å². The Morgan fingerprint density at radius 1 is 1.19 bits per heavy atom. The molecule has 0 aromatic heterocycles. The van der Waals surface area contributed by atoms with Crippen LogP contribution in [0.3, 0.4) is 0 Å². The summed E-state index contributed by atoms with van der Waals surface area (Å²) in [5, 5.41) is 13.8. The number of nitrogens with zero attached hydrogens (tertiary/aromatic N) is 1. The monoisotopic (exact) mass is 514 g/mol. The molecule has 2 saturated carbocycles. The maximum absolute atomic E-state index is 13.6. The van der Waals surface area contributed by atoms with Gasteiger partial charge in [0.25, 0.3) is 5.91 Å². The van der Waals surface area contributed by atoms with E-state index >= 15 is 0 Å². The number of rotatable bonds is 6. The van der Waals surface area contributed by atoms with E-state index in [0.29, 0.717) is 24.5 Å². The third-order valence-corrected chi connectivity index (χ3v) is 8.65. The molecule has 1 amide bonds. The fraction of sp³-hybridized carbons (Fsp3) is 0.500. The lowest BCUT2D eigenvalue weighted by atomic mass is 9.59. The molecule has 2 fully saturated rings. The molecule has 2 N–H and O–H groups in total. The van der Waals surface area contributed by atoms with Crippen LogP contribution in [0.4, 0.5) is 13.2 Å². The molecule has 2 aromatic rings. The minimum atomic E-state index is -4.49. The summed E-state index contributed by atoms with van der Waals surface area (Å²) in [6.07, 6.45) is -1.79. The summed E-state index contributed by atoms with van der Waals surface area (Å²) in [6.45, 7) is 3.72. The normalized spacial score (nSPS) is 28.1. The van der Waals surface area contributed by atoms with E-state index in [4.69, 9.17) is 4.74 Å². The lowest BCUT2D eigenvalue weighted by Gasteiger charge is -2.55. The van der Waals surface area contributed by atoms with Gasteiger partial charge in [-0.15, -0.1) is 0 Å². The van der Waals surface area contributed by atoms with E-state index in [2.05, 4.69) is 17.1 Å². The van der Waals surface area contributed by atoms with Crippen molar-refractivity contribution in [1.29, 1.82) is 0 Å². The van der Waals surface area contributed by atoms with E-state index in [9.17, 15) is 27.9 Å². The molecule has 6 nitrogen and oxygen atoms in total. The number of Topliss-reactive ketones (excluding diaryl/α,β-unsaturated/α-hetero) is 1. The Hall–Kier alpha value is -3.07.